The number of benzene rings is 2. The molecule has 0 aliphatic rings. The second-order valence-corrected chi connectivity index (χ2v) is 8.35. The Hall–Kier alpha value is -3.21. The lowest BCUT2D eigenvalue weighted by molar-refractivity contribution is -0.159. The molecule has 3 aromatic rings. The average molecular weight is 448 g/mol. The molecule has 0 atom stereocenters. The molecular weight excluding hydrogens is 427 g/mol. The Morgan fingerprint density at radius 1 is 1.16 bits per heavy atom. The van der Waals surface area contributed by atoms with Crippen molar-refractivity contribution in [2.24, 2.45) is 5.14 Å². The van der Waals surface area contributed by atoms with Crippen LogP contribution in [0.2, 0.25) is 0 Å². The topological polar surface area (TPSA) is 123 Å². The molecule has 1 aromatic heterocycles. The van der Waals surface area contributed by atoms with Crippen LogP contribution in [0.4, 0.5) is 4.39 Å². The van der Waals surface area contributed by atoms with Crippen molar-refractivity contribution in [1.82, 2.24) is 5.06 Å². The summed E-state index contributed by atoms with van der Waals surface area (Å²) in [7, 11) is -1.26. The Kier molecular flexibility index (Phi) is 6.44. The second kappa shape index (κ2) is 8.88. The number of nitrogens with zero attached hydrogens (tertiary/aromatic N) is 1. The molecule has 1 heterocycles. The largest absolute Gasteiger partial charge is 0.494 e. The number of hydrogen-bond donors (Lipinski definition) is 2. The maximum atomic E-state index is 14.3. The molecule has 0 saturated carbocycles. The first-order valence-corrected chi connectivity index (χ1v) is 10.7. The highest BCUT2D eigenvalue weighted by atomic mass is 32.2. The number of rotatable bonds is 7. The van der Waals surface area contributed by atoms with Gasteiger partial charge in [-0.15, -0.1) is 0 Å². The van der Waals surface area contributed by atoms with Crippen LogP contribution in [0.3, 0.4) is 0 Å². The third-order valence-corrected chi connectivity index (χ3v) is 5.57. The summed E-state index contributed by atoms with van der Waals surface area (Å²) in [4.78, 5) is 11.6. The van der Waals surface area contributed by atoms with Gasteiger partial charge in [0.15, 0.2) is 11.6 Å². The number of nitrogens with two attached hydrogens (primary N) is 1. The van der Waals surface area contributed by atoms with Crippen molar-refractivity contribution in [3.05, 3.63) is 60.1 Å². The number of carbonyl (C=O) groups excluding carboxylic acids is 1. The van der Waals surface area contributed by atoms with Gasteiger partial charge in [0.2, 0.25) is 15.9 Å². The van der Waals surface area contributed by atoms with E-state index in [1.807, 2.05) is 0 Å². The first-order valence-electron chi connectivity index (χ1n) is 9.15. The first-order chi connectivity index (χ1) is 14.6. The van der Waals surface area contributed by atoms with Gasteiger partial charge in [-0.05, 0) is 48.0 Å². The van der Waals surface area contributed by atoms with Gasteiger partial charge >= 0.3 is 0 Å². The van der Waals surface area contributed by atoms with Gasteiger partial charge in [-0.2, -0.15) is 0 Å². The molecule has 0 aliphatic heterocycles. The molecule has 3 rings (SSSR count). The van der Waals surface area contributed by atoms with Gasteiger partial charge < -0.3 is 9.15 Å². The summed E-state index contributed by atoms with van der Waals surface area (Å²) < 4.78 is 48.2. The maximum absolute atomic E-state index is 14.3. The lowest BCUT2D eigenvalue weighted by Gasteiger charge is -2.07. The van der Waals surface area contributed by atoms with E-state index in [1.165, 1.54) is 50.6 Å². The van der Waals surface area contributed by atoms with Crippen LogP contribution in [-0.4, -0.2) is 38.8 Å². The van der Waals surface area contributed by atoms with Gasteiger partial charge in [-0.25, -0.2) is 23.0 Å². The summed E-state index contributed by atoms with van der Waals surface area (Å²) in [6, 6.07) is 11.8. The number of halogens is 1. The van der Waals surface area contributed by atoms with Crippen molar-refractivity contribution in [3.8, 4) is 28.2 Å². The summed E-state index contributed by atoms with van der Waals surface area (Å²) in [6.45, 7) is 0. The lowest BCUT2D eigenvalue weighted by Crippen LogP contribution is -2.22. The van der Waals surface area contributed by atoms with Crippen LogP contribution in [0.15, 0.2) is 57.8 Å². The van der Waals surface area contributed by atoms with Gasteiger partial charge in [0.25, 0.3) is 0 Å². The Bertz CT molecular complexity index is 1200. The van der Waals surface area contributed by atoms with Gasteiger partial charge in [0.1, 0.15) is 11.5 Å². The number of primary sulfonamides is 1. The Balaban J connectivity index is 2.05. The van der Waals surface area contributed by atoms with E-state index in [0.29, 0.717) is 33.3 Å². The highest BCUT2D eigenvalue weighted by Crippen LogP contribution is 2.37. The van der Waals surface area contributed by atoms with Crippen molar-refractivity contribution in [2.45, 2.75) is 17.7 Å². The number of amides is 1. The van der Waals surface area contributed by atoms with Crippen LogP contribution in [0.5, 0.6) is 5.75 Å². The number of carbonyl (C=O) groups is 1. The molecule has 3 N–H and O–H groups in total. The Labute approximate surface area is 178 Å². The van der Waals surface area contributed by atoms with E-state index < -0.39 is 21.7 Å². The van der Waals surface area contributed by atoms with E-state index in [2.05, 4.69) is 0 Å². The lowest BCUT2D eigenvalue weighted by atomic mass is 10.0. The highest BCUT2D eigenvalue weighted by Gasteiger charge is 2.19. The molecule has 164 valence electrons. The molecule has 0 unspecified atom stereocenters. The summed E-state index contributed by atoms with van der Waals surface area (Å²) in [5, 5.41) is 14.9. The summed E-state index contributed by atoms with van der Waals surface area (Å²) in [5.41, 5.74) is 1.59. The molecule has 0 bridgehead atoms. The number of furan rings is 1. The third-order valence-electron chi connectivity index (χ3n) is 4.64. The molecule has 0 fully saturated rings. The van der Waals surface area contributed by atoms with Gasteiger partial charge in [0, 0.05) is 31.0 Å². The zero-order valence-corrected chi connectivity index (χ0v) is 17.6. The number of ether oxygens (including phenoxy) is 1. The number of aryl methyl sites for hydroxylation is 1. The van der Waals surface area contributed by atoms with Crippen molar-refractivity contribution in [2.75, 3.05) is 14.2 Å². The fraction of sp³-hybridized carbons (Fsp3) is 0.190. The molecule has 2 aromatic carbocycles. The fourth-order valence-corrected chi connectivity index (χ4v) is 3.53. The standard InChI is InChI=1S/C21H21FN2O6S/c1-24(26)20(25)10-6-15-12-17(14-5-9-19(29-2)18(22)11-14)21(30-15)13-3-7-16(8-4-13)31(23,27)28/h3-5,7-9,11-12,26H,6,10H2,1-2H3,(H2,23,27,28). The smallest absolute Gasteiger partial charge is 0.246 e. The first kappa shape index (κ1) is 22.5. The normalized spacial score (nSPS) is 11.4. The van der Waals surface area contributed by atoms with Crippen molar-refractivity contribution in [3.63, 3.8) is 0 Å². The fourth-order valence-electron chi connectivity index (χ4n) is 3.02. The van der Waals surface area contributed by atoms with E-state index in [-0.39, 0.29) is 23.5 Å². The van der Waals surface area contributed by atoms with Crippen LogP contribution in [0.25, 0.3) is 22.5 Å². The van der Waals surface area contributed by atoms with Crippen LogP contribution >= 0.6 is 0 Å². The van der Waals surface area contributed by atoms with Crippen molar-refractivity contribution >= 4 is 15.9 Å². The van der Waals surface area contributed by atoms with Crippen molar-refractivity contribution in [1.29, 1.82) is 0 Å². The zero-order valence-electron chi connectivity index (χ0n) is 16.8. The molecule has 31 heavy (non-hydrogen) atoms. The summed E-state index contributed by atoms with van der Waals surface area (Å²) in [5.74, 6) is -0.164. The minimum atomic E-state index is -3.86. The Morgan fingerprint density at radius 2 is 1.81 bits per heavy atom. The molecule has 0 spiro atoms. The van der Waals surface area contributed by atoms with E-state index in [4.69, 9.17) is 14.3 Å². The summed E-state index contributed by atoms with van der Waals surface area (Å²) in [6.07, 6.45) is 0.200. The Morgan fingerprint density at radius 3 is 2.35 bits per heavy atom. The van der Waals surface area contributed by atoms with Gasteiger partial charge in [-0.1, -0.05) is 6.07 Å². The zero-order chi connectivity index (χ0) is 22.8. The molecule has 1 amide bonds. The minimum absolute atomic E-state index is 0.000716. The predicted octanol–water partition coefficient (Wildman–Crippen LogP) is 3.19. The number of hydrogen-bond acceptors (Lipinski definition) is 6. The monoisotopic (exact) mass is 448 g/mol. The highest BCUT2D eigenvalue weighted by molar-refractivity contribution is 7.89. The summed E-state index contributed by atoms with van der Waals surface area (Å²) >= 11 is 0. The average Bonchev–Trinajstić information content (AvgIpc) is 3.15. The minimum Gasteiger partial charge on any atom is -0.494 e. The third kappa shape index (κ3) is 5.10. The molecule has 10 heteroatoms. The molecular formula is C21H21FN2O6S. The maximum Gasteiger partial charge on any atom is 0.246 e. The van der Waals surface area contributed by atoms with Crippen LogP contribution in [0.1, 0.15) is 12.2 Å². The van der Waals surface area contributed by atoms with Gasteiger partial charge in [0.05, 0.1) is 12.0 Å². The van der Waals surface area contributed by atoms with Crippen LogP contribution in [-0.2, 0) is 21.2 Å². The molecule has 0 saturated heterocycles. The van der Waals surface area contributed by atoms with E-state index >= 15 is 0 Å². The number of sulfonamides is 1. The van der Waals surface area contributed by atoms with Gasteiger partial charge in [-0.3, -0.25) is 10.0 Å². The van der Waals surface area contributed by atoms with Crippen LogP contribution in [0, 0.1) is 5.82 Å². The van der Waals surface area contributed by atoms with E-state index in [1.54, 1.807) is 12.1 Å². The number of methoxy groups -OCH3 is 1. The quantitative estimate of drug-likeness (QED) is 0.423. The SMILES string of the molecule is COc1ccc(-c2cc(CCC(=O)N(C)O)oc2-c2ccc(S(N)(=O)=O)cc2)cc1F. The molecule has 0 aliphatic carbocycles. The second-order valence-electron chi connectivity index (χ2n) is 6.79. The molecule has 8 nitrogen and oxygen atoms in total. The van der Waals surface area contributed by atoms with E-state index in [9.17, 15) is 22.8 Å². The molecule has 0 radical (unpaired) electrons. The predicted molar refractivity (Wildman–Crippen MR) is 110 cm³/mol. The van der Waals surface area contributed by atoms with E-state index in [0.717, 1.165) is 0 Å². The number of hydroxylamine groups is 2. The van der Waals surface area contributed by atoms with Crippen LogP contribution < -0.4 is 9.88 Å². The van der Waals surface area contributed by atoms with Crippen molar-refractivity contribution < 1.29 is 32.0 Å².